The highest BCUT2D eigenvalue weighted by molar-refractivity contribution is 9.10. The number of hydrogen-bond donors (Lipinski definition) is 2. The quantitative estimate of drug-likeness (QED) is 0.378. The van der Waals surface area contributed by atoms with Crippen molar-refractivity contribution in [2.45, 2.75) is 39.0 Å². The van der Waals surface area contributed by atoms with Crippen LogP contribution in [0.2, 0.25) is 0 Å². The average Bonchev–Trinajstić information content (AvgIpc) is 2.78. The van der Waals surface area contributed by atoms with E-state index >= 15 is 0 Å². The van der Waals surface area contributed by atoms with Gasteiger partial charge in [-0.1, -0.05) is 6.42 Å². The molecule has 0 amide bonds. The van der Waals surface area contributed by atoms with Gasteiger partial charge in [0.05, 0.1) is 12.2 Å². The van der Waals surface area contributed by atoms with Crippen LogP contribution in [0.5, 0.6) is 0 Å². The summed E-state index contributed by atoms with van der Waals surface area (Å²) < 4.78 is 6.19. The average molecular weight is 454 g/mol. The summed E-state index contributed by atoms with van der Waals surface area (Å²) in [5, 5.41) is 7.39. The third-order valence-electron chi connectivity index (χ3n) is 4.10. The maximum Gasteiger partial charge on any atom is 0.341 e. The monoisotopic (exact) mass is 453 g/mol. The first-order valence-corrected chi connectivity index (χ1v) is 10.6. The van der Waals surface area contributed by atoms with E-state index in [-0.39, 0.29) is 5.97 Å². The smallest absolute Gasteiger partial charge is 0.341 e. The van der Waals surface area contributed by atoms with Crippen LogP contribution >= 0.6 is 39.5 Å². The molecule has 0 unspecified atom stereocenters. The van der Waals surface area contributed by atoms with Gasteiger partial charge in [0.15, 0.2) is 5.11 Å². The van der Waals surface area contributed by atoms with E-state index in [1.165, 1.54) is 11.3 Å². The van der Waals surface area contributed by atoms with E-state index in [0.29, 0.717) is 23.1 Å². The van der Waals surface area contributed by atoms with Crippen LogP contribution < -0.4 is 10.6 Å². The maximum atomic E-state index is 12.6. The van der Waals surface area contributed by atoms with Crippen LogP contribution in [0.15, 0.2) is 22.8 Å². The summed E-state index contributed by atoms with van der Waals surface area (Å²) >= 11 is 10.4. The molecule has 0 aromatic carbocycles. The summed E-state index contributed by atoms with van der Waals surface area (Å²) in [7, 11) is 0. The molecule has 0 saturated heterocycles. The Bertz CT molecular complexity index is 806. The molecule has 3 rings (SSSR count). The number of rotatable bonds is 4. The number of aryl methyl sites for hydroxylation is 1. The van der Waals surface area contributed by atoms with E-state index in [2.05, 4.69) is 31.5 Å². The zero-order valence-corrected chi connectivity index (χ0v) is 17.7. The molecule has 2 aromatic rings. The first-order valence-electron chi connectivity index (χ1n) is 8.59. The minimum absolute atomic E-state index is 0.279. The number of hydrogen-bond acceptors (Lipinski definition) is 5. The summed E-state index contributed by atoms with van der Waals surface area (Å²) in [6, 6.07) is 3.71. The van der Waals surface area contributed by atoms with Crippen LogP contribution in [0.4, 0.5) is 10.8 Å². The Morgan fingerprint density at radius 3 is 2.85 bits per heavy atom. The molecule has 5 nitrogen and oxygen atoms in total. The fourth-order valence-corrected chi connectivity index (χ4v) is 4.74. The van der Waals surface area contributed by atoms with Crippen LogP contribution in [0, 0.1) is 0 Å². The number of fused-ring (bicyclic) bond motifs is 1. The van der Waals surface area contributed by atoms with Gasteiger partial charge in [-0.05, 0) is 78.5 Å². The van der Waals surface area contributed by atoms with Gasteiger partial charge in [0.1, 0.15) is 10.8 Å². The highest BCUT2D eigenvalue weighted by Gasteiger charge is 2.26. The second-order valence-corrected chi connectivity index (χ2v) is 8.36. The van der Waals surface area contributed by atoms with E-state index in [4.69, 9.17) is 17.0 Å². The van der Waals surface area contributed by atoms with E-state index in [1.54, 1.807) is 17.5 Å². The lowest BCUT2D eigenvalue weighted by Gasteiger charge is -2.11. The molecule has 0 saturated carbocycles. The predicted molar refractivity (Wildman–Crippen MR) is 113 cm³/mol. The fourth-order valence-electron chi connectivity index (χ4n) is 2.95. The number of aromatic nitrogens is 1. The third kappa shape index (κ3) is 4.61. The third-order valence-corrected chi connectivity index (χ3v) is 5.98. The number of carbonyl (C=O) groups is 1. The Hall–Kier alpha value is -1.51. The van der Waals surface area contributed by atoms with Crippen molar-refractivity contribution in [3.8, 4) is 0 Å². The number of pyridine rings is 1. The largest absolute Gasteiger partial charge is 0.462 e. The number of anilines is 2. The van der Waals surface area contributed by atoms with Gasteiger partial charge >= 0.3 is 5.97 Å². The van der Waals surface area contributed by atoms with Crippen molar-refractivity contribution in [1.82, 2.24) is 4.98 Å². The van der Waals surface area contributed by atoms with Crippen LogP contribution in [-0.2, 0) is 17.6 Å². The molecule has 0 atom stereocenters. The first-order chi connectivity index (χ1) is 12.6. The highest BCUT2D eigenvalue weighted by atomic mass is 79.9. The van der Waals surface area contributed by atoms with Gasteiger partial charge in [0.2, 0.25) is 0 Å². The summed E-state index contributed by atoms with van der Waals surface area (Å²) in [5.74, 6) is 0.362. The Labute approximate surface area is 170 Å². The SMILES string of the molecule is CCOC(=O)c1c(NC(=S)Nc2ccc(Br)cn2)sc2c1CCCCC2. The molecule has 0 radical (unpaired) electrons. The molecule has 0 spiro atoms. The van der Waals surface area contributed by atoms with Gasteiger partial charge in [0.25, 0.3) is 0 Å². The molecule has 0 bridgehead atoms. The first kappa shape index (κ1) is 19.3. The lowest BCUT2D eigenvalue weighted by atomic mass is 10.1. The normalized spacial score (nSPS) is 13.5. The summed E-state index contributed by atoms with van der Waals surface area (Å²) in [4.78, 5) is 18.1. The molecule has 1 aliphatic rings. The lowest BCUT2D eigenvalue weighted by Crippen LogP contribution is -2.21. The summed E-state index contributed by atoms with van der Waals surface area (Å²) in [5.41, 5.74) is 1.76. The van der Waals surface area contributed by atoms with Crippen molar-refractivity contribution >= 4 is 61.4 Å². The summed E-state index contributed by atoms with van der Waals surface area (Å²) in [6.45, 7) is 2.18. The van der Waals surface area contributed by atoms with Crippen LogP contribution in [0.25, 0.3) is 0 Å². The van der Waals surface area contributed by atoms with Gasteiger partial charge in [-0.2, -0.15) is 0 Å². The fraction of sp³-hybridized carbons (Fsp3) is 0.389. The highest BCUT2D eigenvalue weighted by Crippen LogP contribution is 2.38. The Morgan fingerprint density at radius 2 is 2.12 bits per heavy atom. The summed E-state index contributed by atoms with van der Waals surface area (Å²) in [6.07, 6.45) is 7.06. The van der Waals surface area contributed by atoms with E-state index in [0.717, 1.165) is 40.7 Å². The molecular formula is C18H20BrN3O2S2. The van der Waals surface area contributed by atoms with Crippen LogP contribution in [-0.4, -0.2) is 22.7 Å². The lowest BCUT2D eigenvalue weighted by molar-refractivity contribution is 0.0527. The van der Waals surface area contributed by atoms with Crippen molar-refractivity contribution in [3.05, 3.63) is 38.8 Å². The molecule has 0 aliphatic heterocycles. The standard InChI is InChI=1S/C18H20BrN3O2S2/c1-2-24-17(23)15-12-6-4-3-5-7-13(12)26-16(15)22-18(25)21-14-9-8-11(19)10-20-14/h8-10H,2-7H2,1H3,(H2,20,21,22,25). The van der Waals surface area contributed by atoms with Gasteiger partial charge < -0.3 is 15.4 Å². The van der Waals surface area contributed by atoms with E-state index in [1.807, 2.05) is 19.1 Å². The van der Waals surface area contributed by atoms with Crippen molar-refractivity contribution in [1.29, 1.82) is 0 Å². The van der Waals surface area contributed by atoms with Gasteiger partial charge in [0, 0.05) is 15.5 Å². The van der Waals surface area contributed by atoms with Gasteiger partial charge in [-0.25, -0.2) is 9.78 Å². The van der Waals surface area contributed by atoms with E-state index in [9.17, 15) is 4.79 Å². The van der Waals surface area contributed by atoms with Crippen molar-refractivity contribution < 1.29 is 9.53 Å². The number of nitrogens with zero attached hydrogens (tertiary/aromatic N) is 1. The maximum absolute atomic E-state index is 12.6. The number of nitrogens with one attached hydrogen (secondary N) is 2. The molecule has 8 heteroatoms. The van der Waals surface area contributed by atoms with Crippen molar-refractivity contribution in [2.75, 3.05) is 17.2 Å². The predicted octanol–water partition coefficient (Wildman–Crippen LogP) is 5.16. The van der Waals surface area contributed by atoms with E-state index < -0.39 is 0 Å². The Balaban J connectivity index is 1.82. The molecule has 2 aromatic heterocycles. The molecule has 2 heterocycles. The number of thiophene rings is 1. The number of esters is 1. The van der Waals surface area contributed by atoms with Gasteiger partial charge in [-0.3, -0.25) is 0 Å². The molecular weight excluding hydrogens is 434 g/mol. The molecule has 138 valence electrons. The second kappa shape index (κ2) is 8.92. The number of thiocarbonyl (C=S) groups is 1. The van der Waals surface area contributed by atoms with Crippen LogP contribution in [0.1, 0.15) is 47.0 Å². The Kier molecular flexibility index (Phi) is 6.61. The van der Waals surface area contributed by atoms with Gasteiger partial charge in [-0.15, -0.1) is 11.3 Å². The zero-order valence-electron chi connectivity index (χ0n) is 14.4. The van der Waals surface area contributed by atoms with Crippen molar-refractivity contribution in [3.63, 3.8) is 0 Å². The van der Waals surface area contributed by atoms with Crippen molar-refractivity contribution in [2.24, 2.45) is 0 Å². The molecule has 1 aliphatic carbocycles. The molecule has 0 fully saturated rings. The number of ether oxygens (including phenoxy) is 1. The second-order valence-electron chi connectivity index (χ2n) is 5.93. The number of halogens is 1. The molecule has 26 heavy (non-hydrogen) atoms. The topological polar surface area (TPSA) is 63.2 Å². The minimum atomic E-state index is -0.279. The Morgan fingerprint density at radius 1 is 1.31 bits per heavy atom. The minimum Gasteiger partial charge on any atom is -0.462 e. The zero-order chi connectivity index (χ0) is 18.5. The van der Waals surface area contributed by atoms with Crippen LogP contribution in [0.3, 0.4) is 0 Å². The number of carbonyl (C=O) groups excluding carboxylic acids is 1. The molecule has 2 N–H and O–H groups in total.